The Labute approximate surface area is 163 Å². The summed E-state index contributed by atoms with van der Waals surface area (Å²) in [6.45, 7) is 6.00. The van der Waals surface area contributed by atoms with Crippen molar-refractivity contribution in [2.45, 2.75) is 26.7 Å². The van der Waals surface area contributed by atoms with Gasteiger partial charge in [0.1, 0.15) is 11.6 Å². The van der Waals surface area contributed by atoms with Gasteiger partial charge in [0.2, 0.25) is 0 Å². The lowest BCUT2D eigenvalue weighted by Crippen LogP contribution is -2.18. The lowest BCUT2D eigenvalue weighted by atomic mass is 10.2. The van der Waals surface area contributed by atoms with Crippen molar-refractivity contribution in [2.75, 3.05) is 23.3 Å². The van der Waals surface area contributed by atoms with E-state index < -0.39 is 0 Å². The van der Waals surface area contributed by atoms with Crippen LogP contribution in [0.25, 0.3) is 5.69 Å². The van der Waals surface area contributed by atoms with Gasteiger partial charge in [0.15, 0.2) is 0 Å². The Morgan fingerprint density at radius 1 is 1.07 bits per heavy atom. The molecule has 3 aromatic rings. The number of pyridine rings is 1. The Hall–Kier alpha value is -3.15. The highest BCUT2D eigenvalue weighted by molar-refractivity contribution is 6.05. The smallest absolute Gasteiger partial charge is 0.257 e. The number of amides is 1. The fourth-order valence-corrected chi connectivity index (χ4v) is 3.77. The van der Waals surface area contributed by atoms with E-state index >= 15 is 0 Å². The van der Waals surface area contributed by atoms with Crippen LogP contribution in [0.2, 0.25) is 0 Å². The molecule has 28 heavy (non-hydrogen) atoms. The Balaban J connectivity index is 1.58. The van der Waals surface area contributed by atoms with E-state index in [4.69, 9.17) is 0 Å². The number of nitrogens with zero attached hydrogens (tertiary/aromatic N) is 3. The maximum atomic E-state index is 13.1. The number of carbonyl (C=O) groups is 1. The zero-order valence-corrected chi connectivity index (χ0v) is 16.1. The number of benzene rings is 1. The van der Waals surface area contributed by atoms with Gasteiger partial charge in [-0.2, -0.15) is 0 Å². The zero-order chi connectivity index (χ0) is 19.7. The molecule has 1 aliphatic rings. The van der Waals surface area contributed by atoms with Crippen LogP contribution in [0.1, 0.15) is 34.6 Å². The third-order valence-corrected chi connectivity index (χ3v) is 5.20. The first-order valence-electron chi connectivity index (χ1n) is 9.50. The largest absolute Gasteiger partial charge is 0.357 e. The van der Waals surface area contributed by atoms with Crippen molar-refractivity contribution in [1.29, 1.82) is 0 Å². The number of aryl methyl sites for hydroxylation is 1. The normalized spacial score (nSPS) is 13.8. The van der Waals surface area contributed by atoms with E-state index in [1.807, 2.05) is 42.8 Å². The topological polar surface area (TPSA) is 50.2 Å². The van der Waals surface area contributed by atoms with Crippen LogP contribution in [-0.4, -0.2) is 28.5 Å². The summed E-state index contributed by atoms with van der Waals surface area (Å²) in [5.74, 6) is 0.451. The fraction of sp³-hybridized carbons (Fsp3) is 0.273. The third-order valence-electron chi connectivity index (χ3n) is 5.20. The van der Waals surface area contributed by atoms with Gasteiger partial charge in [-0.1, -0.05) is 0 Å². The fourth-order valence-electron chi connectivity index (χ4n) is 3.77. The third kappa shape index (κ3) is 3.50. The first-order valence-corrected chi connectivity index (χ1v) is 9.50. The Morgan fingerprint density at radius 2 is 1.79 bits per heavy atom. The number of hydrogen-bond donors (Lipinski definition) is 1. The summed E-state index contributed by atoms with van der Waals surface area (Å²) in [5.41, 5.74) is 3.88. The van der Waals surface area contributed by atoms with Crippen LogP contribution in [-0.2, 0) is 0 Å². The molecular formula is C22H23FN4O. The predicted molar refractivity (Wildman–Crippen MR) is 109 cm³/mol. The number of nitrogens with one attached hydrogen (secondary N) is 1. The van der Waals surface area contributed by atoms with Gasteiger partial charge in [-0.3, -0.25) is 4.79 Å². The van der Waals surface area contributed by atoms with Crippen molar-refractivity contribution in [3.63, 3.8) is 0 Å². The maximum Gasteiger partial charge on any atom is 0.257 e. The van der Waals surface area contributed by atoms with Crippen LogP contribution in [0.15, 0.2) is 48.7 Å². The highest BCUT2D eigenvalue weighted by Gasteiger charge is 2.18. The zero-order valence-electron chi connectivity index (χ0n) is 16.1. The summed E-state index contributed by atoms with van der Waals surface area (Å²) in [6, 6.07) is 11.7. The molecule has 1 aromatic carbocycles. The number of rotatable bonds is 4. The minimum atomic E-state index is -0.332. The summed E-state index contributed by atoms with van der Waals surface area (Å²) in [4.78, 5) is 19.6. The predicted octanol–water partition coefficient (Wildman–Crippen LogP) is 4.48. The molecule has 0 bridgehead atoms. The molecule has 144 valence electrons. The quantitative estimate of drug-likeness (QED) is 0.728. The number of aromatic nitrogens is 2. The van der Waals surface area contributed by atoms with Crippen molar-refractivity contribution >= 4 is 17.4 Å². The standard InChI is InChI=1S/C22H23FN4O/c1-15-13-20(22(28)25-18-7-5-17(23)6-8-18)16(2)27(15)19-9-10-21(24-14-19)26-11-3-4-12-26/h5-10,13-14H,3-4,11-12H2,1-2H3,(H,25,28). The molecule has 2 aromatic heterocycles. The SMILES string of the molecule is Cc1cc(C(=O)Nc2ccc(F)cc2)c(C)n1-c1ccc(N2CCCC2)nc1. The van der Waals surface area contributed by atoms with Gasteiger partial charge in [0.05, 0.1) is 17.4 Å². The van der Waals surface area contributed by atoms with Gasteiger partial charge >= 0.3 is 0 Å². The molecule has 6 heteroatoms. The van der Waals surface area contributed by atoms with Crippen molar-refractivity contribution in [1.82, 2.24) is 9.55 Å². The lowest BCUT2D eigenvalue weighted by Gasteiger charge is -2.17. The average molecular weight is 378 g/mol. The van der Waals surface area contributed by atoms with Crippen LogP contribution >= 0.6 is 0 Å². The highest BCUT2D eigenvalue weighted by Crippen LogP contribution is 2.24. The van der Waals surface area contributed by atoms with Crippen LogP contribution in [0.5, 0.6) is 0 Å². The number of halogens is 1. The van der Waals surface area contributed by atoms with Crippen LogP contribution < -0.4 is 10.2 Å². The molecule has 0 atom stereocenters. The number of carbonyl (C=O) groups excluding carboxylic acids is 1. The van der Waals surface area contributed by atoms with E-state index in [-0.39, 0.29) is 11.7 Å². The van der Waals surface area contributed by atoms with Crippen molar-refractivity contribution in [3.8, 4) is 5.69 Å². The molecule has 1 N–H and O–H groups in total. The lowest BCUT2D eigenvalue weighted by molar-refractivity contribution is 0.102. The van der Waals surface area contributed by atoms with Crippen molar-refractivity contribution in [2.24, 2.45) is 0 Å². The van der Waals surface area contributed by atoms with Gasteiger partial charge in [-0.25, -0.2) is 9.37 Å². The Kier molecular flexibility index (Phi) is 4.86. The van der Waals surface area contributed by atoms with Crippen molar-refractivity contribution in [3.05, 3.63) is 71.4 Å². The van der Waals surface area contributed by atoms with E-state index in [9.17, 15) is 9.18 Å². The molecule has 0 spiro atoms. The second-order valence-electron chi connectivity index (χ2n) is 7.15. The summed E-state index contributed by atoms with van der Waals surface area (Å²) >= 11 is 0. The summed E-state index contributed by atoms with van der Waals surface area (Å²) in [7, 11) is 0. The van der Waals surface area contributed by atoms with Crippen LogP contribution in [0.4, 0.5) is 15.9 Å². The summed E-state index contributed by atoms with van der Waals surface area (Å²) in [6.07, 6.45) is 4.28. The molecule has 3 heterocycles. The molecule has 5 nitrogen and oxygen atoms in total. The molecule has 0 unspecified atom stereocenters. The molecule has 0 radical (unpaired) electrons. The Morgan fingerprint density at radius 3 is 2.43 bits per heavy atom. The molecule has 1 fully saturated rings. The summed E-state index contributed by atoms with van der Waals surface area (Å²) in [5, 5.41) is 2.82. The van der Waals surface area contributed by atoms with E-state index in [1.165, 1.54) is 25.0 Å². The highest BCUT2D eigenvalue weighted by atomic mass is 19.1. The van der Waals surface area contributed by atoms with Gasteiger partial charge < -0.3 is 14.8 Å². The second-order valence-corrected chi connectivity index (χ2v) is 7.15. The van der Waals surface area contributed by atoms with Gasteiger partial charge in [-0.05, 0) is 69.2 Å². The van der Waals surface area contributed by atoms with Crippen molar-refractivity contribution < 1.29 is 9.18 Å². The molecule has 0 aliphatic carbocycles. The molecule has 1 saturated heterocycles. The minimum Gasteiger partial charge on any atom is -0.357 e. The van der Waals surface area contributed by atoms with E-state index in [1.54, 1.807) is 12.1 Å². The molecule has 1 amide bonds. The number of anilines is 2. The molecule has 1 aliphatic heterocycles. The monoisotopic (exact) mass is 378 g/mol. The van der Waals surface area contributed by atoms with Gasteiger partial charge in [0.25, 0.3) is 5.91 Å². The molecular weight excluding hydrogens is 355 g/mol. The minimum absolute atomic E-state index is 0.215. The summed E-state index contributed by atoms with van der Waals surface area (Å²) < 4.78 is 15.1. The molecule has 0 saturated carbocycles. The molecule has 4 rings (SSSR count). The first-order chi connectivity index (χ1) is 13.5. The maximum absolute atomic E-state index is 13.1. The Bertz CT molecular complexity index is 987. The van der Waals surface area contributed by atoms with Gasteiger partial charge in [-0.15, -0.1) is 0 Å². The van der Waals surface area contributed by atoms with Gasteiger partial charge in [0, 0.05) is 30.2 Å². The van der Waals surface area contributed by atoms with E-state index in [0.717, 1.165) is 36.0 Å². The first kappa shape index (κ1) is 18.2. The van der Waals surface area contributed by atoms with E-state index in [0.29, 0.717) is 11.3 Å². The second kappa shape index (κ2) is 7.46. The van der Waals surface area contributed by atoms with Crippen LogP contribution in [0, 0.1) is 19.7 Å². The van der Waals surface area contributed by atoms with E-state index in [2.05, 4.69) is 15.2 Å². The van der Waals surface area contributed by atoms with Crippen LogP contribution in [0.3, 0.4) is 0 Å². The number of hydrogen-bond acceptors (Lipinski definition) is 3. The average Bonchev–Trinajstić information content (AvgIpc) is 3.32.